The lowest BCUT2D eigenvalue weighted by Gasteiger charge is -2.09. The van der Waals surface area contributed by atoms with Crippen molar-refractivity contribution in [2.75, 3.05) is 0 Å². The molecule has 3 rings (SSSR count). The van der Waals surface area contributed by atoms with Crippen LogP contribution in [0.3, 0.4) is 0 Å². The molecule has 0 atom stereocenters. The van der Waals surface area contributed by atoms with E-state index in [9.17, 15) is 4.79 Å². The zero-order chi connectivity index (χ0) is 16.4. The van der Waals surface area contributed by atoms with E-state index in [1.165, 1.54) is 11.3 Å². The lowest BCUT2D eigenvalue weighted by Crippen LogP contribution is -2.05. The van der Waals surface area contributed by atoms with Gasteiger partial charge in [0.1, 0.15) is 11.5 Å². The molecule has 0 aliphatic heterocycles. The van der Waals surface area contributed by atoms with Crippen LogP contribution in [-0.2, 0) is 0 Å². The van der Waals surface area contributed by atoms with Gasteiger partial charge in [0.2, 0.25) is 0 Å². The molecule has 0 aliphatic carbocycles. The number of ketones is 1. The number of aromatic nitrogens is 1. The quantitative estimate of drug-likeness (QED) is 0.613. The second-order valence-corrected chi connectivity index (χ2v) is 6.45. The number of thiazole rings is 1. The molecule has 118 valence electrons. The van der Waals surface area contributed by atoms with E-state index in [0.29, 0.717) is 16.5 Å². The highest BCUT2D eigenvalue weighted by Crippen LogP contribution is 2.32. The number of rotatable bonds is 5. The number of carbonyl (C=O) groups is 1. The van der Waals surface area contributed by atoms with Gasteiger partial charge in [0, 0.05) is 5.56 Å². The molecule has 0 spiro atoms. The van der Waals surface area contributed by atoms with Crippen LogP contribution < -0.4 is 9.47 Å². The van der Waals surface area contributed by atoms with Gasteiger partial charge in [-0.1, -0.05) is 11.3 Å². The number of hydrogen-bond acceptors (Lipinski definition) is 5. The predicted octanol–water partition coefficient (Wildman–Crippen LogP) is 5.08. The summed E-state index contributed by atoms with van der Waals surface area (Å²) in [6.45, 7) is 5.53. The highest BCUT2D eigenvalue weighted by Gasteiger charge is 2.09. The fourth-order valence-electron chi connectivity index (χ4n) is 2.13. The molecule has 0 fully saturated rings. The average Bonchev–Trinajstić information content (AvgIpc) is 2.90. The first-order valence-corrected chi connectivity index (χ1v) is 8.19. The normalized spacial score (nSPS) is 11.0. The van der Waals surface area contributed by atoms with Crippen LogP contribution in [0.15, 0.2) is 42.5 Å². The van der Waals surface area contributed by atoms with Crippen LogP contribution in [0.1, 0.15) is 31.1 Å². The third kappa shape index (κ3) is 3.68. The minimum Gasteiger partial charge on any atom is -0.491 e. The van der Waals surface area contributed by atoms with Gasteiger partial charge in [-0.15, -0.1) is 0 Å². The van der Waals surface area contributed by atoms with Gasteiger partial charge in [0.05, 0.1) is 16.3 Å². The fourth-order valence-corrected chi connectivity index (χ4v) is 3.00. The third-order valence-corrected chi connectivity index (χ3v) is 4.07. The Kier molecular flexibility index (Phi) is 4.30. The smallest absolute Gasteiger partial charge is 0.279 e. The van der Waals surface area contributed by atoms with Crippen molar-refractivity contribution < 1.29 is 14.3 Å². The molecule has 5 heteroatoms. The van der Waals surface area contributed by atoms with Gasteiger partial charge >= 0.3 is 0 Å². The Bertz CT molecular complexity index is 837. The predicted molar refractivity (Wildman–Crippen MR) is 91.9 cm³/mol. The molecular weight excluding hydrogens is 310 g/mol. The van der Waals surface area contributed by atoms with E-state index in [4.69, 9.17) is 9.47 Å². The van der Waals surface area contributed by atoms with E-state index in [2.05, 4.69) is 4.98 Å². The maximum Gasteiger partial charge on any atom is 0.279 e. The molecule has 0 bridgehead atoms. The molecule has 0 unspecified atom stereocenters. The molecule has 23 heavy (non-hydrogen) atoms. The van der Waals surface area contributed by atoms with Gasteiger partial charge in [-0.05, 0) is 63.2 Å². The topological polar surface area (TPSA) is 48.4 Å². The Balaban J connectivity index is 1.79. The summed E-state index contributed by atoms with van der Waals surface area (Å²) in [6, 6.07) is 12.9. The van der Waals surface area contributed by atoms with Crippen molar-refractivity contribution in [3.8, 4) is 16.7 Å². The summed E-state index contributed by atoms with van der Waals surface area (Å²) in [7, 11) is 0. The van der Waals surface area contributed by atoms with Crippen molar-refractivity contribution >= 4 is 27.3 Å². The minimum absolute atomic E-state index is 0.0449. The van der Waals surface area contributed by atoms with Crippen molar-refractivity contribution in [3.05, 3.63) is 48.0 Å². The van der Waals surface area contributed by atoms with E-state index in [0.717, 1.165) is 16.0 Å². The van der Waals surface area contributed by atoms with E-state index in [1.807, 2.05) is 50.2 Å². The van der Waals surface area contributed by atoms with Crippen molar-refractivity contribution in [2.24, 2.45) is 0 Å². The highest BCUT2D eigenvalue weighted by molar-refractivity contribution is 7.20. The number of benzene rings is 2. The standard InChI is InChI=1S/C18H17NO3S/c1-11(2)21-14-5-7-15(8-6-14)22-18-19-16-9-4-13(12(3)20)10-17(16)23-18/h4-11H,1-3H3. The summed E-state index contributed by atoms with van der Waals surface area (Å²) in [5.74, 6) is 1.55. The monoisotopic (exact) mass is 327 g/mol. The summed E-state index contributed by atoms with van der Waals surface area (Å²) in [5, 5.41) is 0.554. The van der Waals surface area contributed by atoms with Crippen LogP contribution >= 0.6 is 11.3 Å². The molecule has 0 radical (unpaired) electrons. The van der Waals surface area contributed by atoms with Crippen LogP contribution in [0.5, 0.6) is 16.7 Å². The maximum atomic E-state index is 11.4. The molecule has 4 nitrogen and oxygen atoms in total. The lowest BCUT2D eigenvalue weighted by atomic mass is 10.1. The van der Waals surface area contributed by atoms with Crippen LogP contribution in [0.25, 0.3) is 10.2 Å². The average molecular weight is 327 g/mol. The van der Waals surface area contributed by atoms with E-state index in [-0.39, 0.29) is 11.9 Å². The molecule has 3 aromatic rings. The summed E-state index contributed by atoms with van der Waals surface area (Å²) >= 11 is 1.42. The molecular formula is C18H17NO3S. The number of fused-ring (bicyclic) bond motifs is 1. The molecule has 1 heterocycles. The Morgan fingerprint density at radius 2 is 1.78 bits per heavy atom. The lowest BCUT2D eigenvalue weighted by molar-refractivity contribution is 0.101. The Morgan fingerprint density at radius 3 is 2.43 bits per heavy atom. The van der Waals surface area contributed by atoms with Gasteiger partial charge in [-0.25, -0.2) is 4.98 Å². The first kappa shape index (κ1) is 15.5. The number of nitrogens with zero attached hydrogens (tertiary/aromatic N) is 1. The summed E-state index contributed by atoms with van der Waals surface area (Å²) in [6.07, 6.45) is 0.140. The molecule has 2 aromatic carbocycles. The van der Waals surface area contributed by atoms with Gasteiger partial charge in [-0.3, -0.25) is 4.79 Å². The van der Waals surface area contributed by atoms with Crippen LogP contribution in [0.2, 0.25) is 0 Å². The van der Waals surface area contributed by atoms with Crippen molar-refractivity contribution in [2.45, 2.75) is 26.9 Å². The van der Waals surface area contributed by atoms with Gasteiger partial charge in [0.25, 0.3) is 5.19 Å². The second kappa shape index (κ2) is 6.38. The Morgan fingerprint density at radius 1 is 1.09 bits per heavy atom. The third-order valence-electron chi connectivity index (χ3n) is 3.18. The number of hydrogen-bond donors (Lipinski definition) is 0. The van der Waals surface area contributed by atoms with E-state index < -0.39 is 0 Å². The van der Waals surface area contributed by atoms with Crippen LogP contribution in [0, 0.1) is 0 Å². The first-order valence-electron chi connectivity index (χ1n) is 7.37. The van der Waals surface area contributed by atoms with E-state index in [1.54, 1.807) is 13.0 Å². The minimum atomic E-state index is 0.0449. The number of ether oxygens (including phenoxy) is 2. The summed E-state index contributed by atoms with van der Waals surface area (Å²) in [4.78, 5) is 15.9. The highest BCUT2D eigenvalue weighted by atomic mass is 32.1. The fraction of sp³-hybridized carbons (Fsp3) is 0.222. The van der Waals surface area contributed by atoms with Gasteiger partial charge < -0.3 is 9.47 Å². The largest absolute Gasteiger partial charge is 0.491 e. The second-order valence-electron chi connectivity index (χ2n) is 5.46. The van der Waals surface area contributed by atoms with Gasteiger partial charge in [-0.2, -0.15) is 0 Å². The van der Waals surface area contributed by atoms with Gasteiger partial charge in [0.15, 0.2) is 5.78 Å². The maximum absolute atomic E-state index is 11.4. The molecule has 1 aromatic heterocycles. The SMILES string of the molecule is CC(=O)c1ccc2nc(Oc3ccc(OC(C)C)cc3)sc2c1. The summed E-state index contributed by atoms with van der Waals surface area (Å²) < 4.78 is 12.3. The van der Waals surface area contributed by atoms with Crippen LogP contribution in [0.4, 0.5) is 0 Å². The zero-order valence-corrected chi connectivity index (χ0v) is 14.0. The van der Waals surface area contributed by atoms with Crippen LogP contribution in [-0.4, -0.2) is 16.9 Å². The summed E-state index contributed by atoms with van der Waals surface area (Å²) in [5.41, 5.74) is 1.51. The molecule has 0 N–H and O–H groups in total. The molecule has 0 saturated heterocycles. The molecule has 0 amide bonds. The number of Topliss-reactive ketones (excluding diaryl/α,β-unsaturated/α-hetero) is 1. The van der Waals surface area contributed by atoms with E-state index >= 15 is 0 Å². The zero-order valence-electron chi connectivity index (χ0n) is 13.2. The Labute approximate surface area is 138 Å². The van der Waals surface area contributed by atoms with Crippen molar-refractivity contribution in [1.82, 2.24) is 4.98 Å². The first-order chi connectivity index (χ1) is 11.0. The number of carbonyl (C=O) groups excluding carboxylic acids is 1. The molecule has 0 saturated carbocycles. The molecule has 0 aliphatic rings. The van der Waals surface area contributed by atoms with Crippen molar-refractivity contribution in [3.63, 3.8) is 0 Å². The Hall–Kier alpha value is -2.40. The van der Waals surface area contributed by atoms with Crippen molar-refractivity contribution in [1.29, 1.82) is 0 Å².